The first kappa shape index (κ1) is 15.6. The van der Waals surface area contributed by atoms with Crippen LogP contribution in [0.2, 0.25) is 0 Å². The monoisotopic (exact) mass is 290 g/mol. The molecular weight excluding hydrogens is 272 g/mol. The molecule has 0 aliphatic heterocycles. The highest BCUT2D eigenvalue weighted by molar-refractivity contribution is 5.63. The van der Waals surface area contributed by atoms with Gasteiger partial charge in [-0.3, -0.25) is 10.5 Å². The molecule has 0 aliphatic rings. The van der Waals surface area contributed by atoms with E-state index < -0.39 is 5.60 Å². The average molecular weight is 290 g/mol. The van der Waals surface area contributed by atoms with E-state index in [1.165, 1.54) is 0 Å². The van der Waals surface area contributed by atoms with Gasteiger partial charge < -0.3 is 5.11 Å². The summed E-state index contributed by atoms with van der Waals surface area (Å²) in [6.07, 6.45) is 0.0920. The quantitative estimate of drug-likeness (QED) is 0.540. The summed E-state index contributed by atoms with van der Waals surface area (Å²) >= 11 is 0. The summed E-state index contributed by atoms with van der Waals surface area (Å²) in [5.41, 5.74) is 1.40. The Kier molecular flexibility index (Phi) is 5.44. The molecule has 0 amide bonds. The Morgan fingerprint density at radius 3 is 2.00 bits per heavy atom. The molecule has 0 aromatic heterocycles. The molecule has 0 fully saturated rings. The lowest BCUT2D eigenvalue weighted by Crippen LogP contribution is -2.35. The Hall–Kier alpha value is -1.76. The molecule has 0 heterocycles. The molecule has 21 heavy (non-hydrogen) atoms. The molecule has 5 nitrogen and oxygen atoms in total. The first-order chi connectivity index (χ1) is 10.3. The van der Waals surface area contributed by atoms with Crippen molar-refractivity contribution >= 4 is 0 Å². The molecule has 0 saturated heterocycles. The molecule has 2 rings (SSSR count). The van der Waals surface area contributed by atoms with Gasteiger partial charge >= 0.3 is 0 Å². The van der Waals surface area contributed by atoms with Crippen molar-refractivity contribution in [3.63, 3.8) is 0 Å². The Bertz CT molecular complexity index is 532. The van der Waals surface area contributed by atoms with Crippen molar-refractivity contribution in [2.24, 2.45) is 0 Å². The summed E-state index contributed by atoms with van der Waals surface area (Å²) in [4.78, 5) is 8.63. The van der Waals surface area contributed by atoms with Crippen molar-refractivity contribution in [3.8, 4) is 11.1 Å². The molecule has 1 unspecified atom stereocenters. The molecule has 0 aliphatic carbocycles. The number of aliphatic hydroxyl groups is 1. The fourth-order valence-electron chi connectivity index (χ4n) is 2.31. The largest absolute Gasteiger partial charge is 0.396 e. The Labute approximate surface area is 122 Å². The second kappa shape index (κ2) is 7.31. The van der Waals surface area contributed by atoms with Gasteiger partial charge in [0.25, 0.3) is 0 Å². The summed E-state index contributed by atoms with van der Waals surface area (Å²) < 4.78 is 0. The Morgan fingerprint density at radius 1 is 0.857 bits per heavy atom. The minimum atomic E-state index is -1.29. The summed E-state index contributed by atoms with van der Waals surface area (Å²) in [6, 6.07) is 17.2. The number of aliphatic hydroxyl groups excluding tert-OH is 1. The molecule has 2 aromatic rings. The zero-order chi connectivity index (χ0) is 15.1. The van der Waals surface area contributed by atoms with Gasteiger partial charge in [0.1, 0.15) is 6.61 Å². The first-order valence-electron chi connectivity index (χ1n) is 6.61. The van der Waals surface area contributed by atoms with Crippen molar-refractivity contribution in [1.29, 1.82) is 0 Å². The summed E-state index contributed by atoms with van der Waals surface area (Å²) in [6.45, 7) is -0.501. The molecule has 2 aromatic carbocycles. The number of hydrogen-bond acceptors (Lipinski definition) is 5. The second-order valence-corrected chi connectivity index (χ2v) is 4.78. The first-order valence-corrected chi connectivity index (χ1v) is 6.61. The number of benzene rings is 2. The fourth-order valence-corrected chi connectivity index (χ4v) is 2.31. The van der Waals surface area contributed by atoms with E-state index in [1.807, 2.05) is 42.5 Å². The van der Waals surface area contributed by atoms with E-state index in [0.717, 1.165) is 11.1 Å². The van der Waals surface area contributed by atoms with Gasteiger partial charge in [0.05, 0.1) is 0 Å². The summed E-state index contributed by atoms with van der Waals surface area (Å²) in [7, 11) is 0. The smallest absolute Gasteiger partial charge is 0.157 e. The van der Waals surface area contributed by atoms with E-state index in [0.29, 0.717) is 5.56 Å². The molecule has 0 radical (unpaired) electrons. The van der Waals surface area contributed by atoms with E-state index >= 15 is 0 Å². The normalized spacial score (nSPS) is 13.9. The van der Waals surface area contributed by atoms with Crippen LogP contribution < -0.4 is 0 Å². The van der Waals surface area contributed by atoms with Gasteiger partial charge in [0.2, 0.25) is 0 Å². The molecule has 3 N–H and O–H groups in total. The molecule has 0 bridgehead atoms. The third-order valence-corrected chi connectivity index (χ3v) is 3.51. The van der Waals surface area contributed by atoms with Crippen molar-refractivity contribution in [3.05, 3.63) is 60.2 Å². The van der Waals surface area contributed by atoms with Crippen molar-refractivity contribution in [2.45, 2.75) is 12.0 Å². The van der Waals surface area contributed by atoms with Gasteiger partial charge in [-0.15, -0.1) is 0 Å². The van der Waals surface area contributed by atoms with Crippen molar-refractivity contribution < 1.29 is 25.4 Å². The van der Waals surface area contributed by atoms with Crippen LogP contribution in [0.25, 0.3) is 11.1 Å². The lowest BCUT2D eigenvalue weighted by Gasteiger charge is -2.28. The van der Waals surface area contributed by atoms with Crippen LogP contribution >= 0.6 is 0 Å². The van der Waals surface area contributed by atoms with Crippen molar-refractivity contribution in [1.82, 2.24) is 0 Å². The fraction of sp³-hybridized carbons (Fsp3) is 0.250. The van der Waals surface area contributed by atoms with E-state index in [1.54, 1.807) is 12.1 Å². The van der Waals surface area contributed by atoms with Gasteiger partial charge in [-0.25, -0.2) is 9.78 Å². The highest BCUT2D eigenvalue weighted by Gasteiger charge is 2.34. The van der Waals surface area contributed by atoms with E-state index in [2.05, 4.69) is 9.78 Å². The minimum absolute atomic E-state index is 0.0920. The predicted octanol–water partition coefficient (Wildman–Crippen LogP) is 2.91. The van der Waals surface area contributed by atoms with Crippen LogP contribution in [-0.2, 0) is 15.4 Å². The number of hydrogen-bond donors (Lipinski definition) is 3. The Balaban J connectivity index is 2.31. The van der Waals surface area contributed by atoms with E-state index in [4.69, 9.17) is 10.4 Å². The predicted molar refractivity (Wildman–Crippen MR) is 77.6 cm³/mol. The van der Waals surface area contributed by atoms with Gasteiger partial charge in [-0.1, -0.05) is 54.6 Å². The molecular formula is C16H18O5. The van der Waals surface area contributed by atoms with Gasteiger partial charge in [-0.2, -0.15) is 0 Å². The SMILES string of the molecule is OCCC(COO)(OO)c1ccc(-c2ccccc2)cc1. The topological polar surface area (TPSA) is 79.2 Å². The summed E-state index contributed by atoms with van der Waals surface area (Å²) in [5.74, 6) is 0. The van der Waals surface area contributed by atoms with Crippen LogP contribution in [-0.4, -0.2) is 28.8 Å². The van der Waals surface area contributed by atoms with Crippen LogP contribution in [0.4, 0.5) is 0 Å². The van der Waals surface area contributed by atoms with Gasteiger partial charge in [-0.05, 0) is 16.7 Å². The van der Waals surface area contributed by atoms with Crippen molar-refractivity contribution in [2.75, 3.05) is 13.2 Å². The maximum atomic E-state index is 9.18. The summed E-state index contributed by atoms with van der Waals surface area (Å²) in [5, 5.41) is 27.0. The lowest BCUT2D eigenvalue weighted by molar-refractivity contribution is -0.374. The van der Waals surface area contributed by atoms with Crippen LogP contribution in [0.3, 0.4) is 0 Å². The molecule has 5 heteroatoms. The van der Waals surface area contributed by atoms with Crippen LogP contribution in [0, 0.1) is 0 Å². The minimum Gasteiger partial charge on any atom is -0.396 e. The van der Waals surface area contributed by atoms with Gasteiger partial charge in [0, 0.05) is 13.0 Å². The highest BCUT2D eigenvalue weighted by atomic mass is 17.1. The molecule has 1 atom stereocenters. The second-order valence-electron chi connectivity index (χ2n) is 4.78. The zero-order valence-corrected chi connectivity index (χ0v) is 11.5. The van der Waals surface area contributed by atoms with Gasteiger partial charge in [0.15, 0.2) is 5.60 Å². The lowest BCUT2D eigenvalue weighted by atomic mass is 9.90. The Morgan fingerprint density at radius 2 is 1.48 bits per heavy atom. The third kappa shape index (κ3) is 3.47. The standard InChI is InChI=1S/C16H18O5/c17-11-10-16(21-19,12-20-18)15-8-6-14(7-9-15)13-4-2-1-3-5-13/h1-9,17-19H,10-12H2. The average Bonchev–Trinajstić information content (AvgIpc) is 2.55. The zero-order valence-electron chi connectivity index (χ0n) is 11.5. The number of rotatable bonds is 7. The highest BCUT2D eigenvalue weighted by Crippen LogP contribution is 2.31. The van der Waals surface area contributed by atoms with Crippen LogP contribution in [0.15, 0.2) is 54.6 Å². The van der Waals surface area contributed by atoms with Crippen LogP contribution in [0.1, 0.15) is 12.0 Å². The third-order valence-electron chi connectivity index (χ3n) is 3.51. The molecule has 0 spiro atoms. The maximum absolute atomic E-state index is 9.18. The maximum Gasteiger partial charge on any atom is 0.157 e. The van der Waals surface area contributed by atoms with E-state index in [9.17, 15) is 5.26 Å². The molecule has 0 saturated carbocycles. The molecule has 112 valence electrons. The van der Waals surface area contributed by atoms with E-state index in [-0.39, 0.29) is 19.6 Å². The van der Waals surface area contributed by atoms with Crippen LogP contribution in [0.5, 0.6) is 0 Å².